The quantitative estimate of drug-likeness (QED) is 0.445. The average Bonchev–Trinajstić information content (AvgIpc) is 3.05. The van der Waals surface area contributed by atoms with Gasteiger partial charge in [0.15, 0.2) is 5.58 Å². The summed E-state index contributed by atoms with van der Waals surface area (Å²) in [5.74, 6) is 0.251. The van der Waals surface area contributed by atoms with Crippen molar-refractivity contribution in [2.24, 2.45) is 0 Å². The smallest absolute Gasteiger partial charge is 0.255 e. The van der Waals surface area contributed by atoms with Crippen molar-refractivity contribution in [3.63, 3.8) is 0 Å². The number of benzene rings is 3. The van der Waals surface area contributed by atoms with Gasteiger partial charge in [0.1, 0.15) is 5.52 Å². The Labute approximate surface area is 168 Å². The lowest BCUT2D eigenvalue weighted by molar-refractivity contribution is 0.102. The Hall–Kier alpha value is -3.11. The van der Waals surface area contributed by atoms with E-state index in [-0.39, 0.29) is 5.91 Å². The molecular weight excluding hydrogens is 372 g/mol. The van der Waals surface area contributed by atoms with Crippen molar-refractivity contribution in [2.75, 3.05) is 5.32 Å². The van der Waals surface area contributed by atoms with E-state index < -0.39 is 0 Å². The molecule has 140 valence electrons. The molecule has 4 nitrogen and oxygen atoms in total. The summed E-state index contributed by atoms with van der Waals surface area (Å²) in [5.41, 5.74) is 6.53. The van der Waals surface area contributed by atoms with Crippen molar-refractivity contribution in [1.29, 1.82) is 0 Å². The van der Waals surface area contributed by atoms with E-state index in [1.807, 2.05) is 57.2 Å². The number of amides is 1. The molecule has 0 unspecified atom stereocenters. The maximum absolute atomic E-state index is 12.6. The highest BCUT2D eigenvalue weighted by Gasteiger charge is 2.14. The number of nitrogens with zero attached hydrogens (tertiary/aromatic N) is 1. The molecule has 28 heavy (non-hydrogen) atoms. The van der Waals surface area contributed by atoms with Crippen LogP contribution in [0, 0.1) is 20.8 Å². The van der Waals surface area contributed by atoms with Crippen molar-refractivity contribution in [3.8, 4) is 11.5 Å². The molecule has 1 aromatic heterocycles. The zero-order valence-electron chi connectivity index (χ0n) is 15.8. The lowest BCUT2D eigenvalue weighted by Gasteiger charge is -2.09. The van der Waals surface area contributed by atoms with Gasteiger partial charge >= 0.3 is 0 Å². The molecule has 1 heterocycles. The molecule has 0 bridgehead atoms. The topological polar surface area (TPSA) is 55.1 Å². The fourth-order valence-electron chi connectivity index (χ4n) is 3.22. The van der Waals surface area contributed by atoms with Gasteiger partial charge in [0, 0.05) is 11.3 Å². The van der Waals surface area contributed by atoms with E-state index in [1.54, 1.807) is 18.2 Å². The zero-order valence-corrected chi connectivity index (χ0v) is 16.6. The summed E-state index contributed by atoms with van der Waals surface area (Å²) >= 11 is 6.37. The minimum Gasteiger partial charge on any atom is -0.436 e. The number of oxazole rings is 1. The molecular formula is C23H19ClN2O2. The van der Waals surface area contributed by atoms with Gasteiger partial charge < -0.3 is 9.73 Å². The second-order valence-electron chi connectivity index (χ2n) is 7.02. The molecule has 0 aliphatic carbocycles. The van der Waals surface area contributed by atoms with Crippen molar-refractivity contribution in [3.05, 3.63) is 81.9 Å². The van der Waals surface area contributed by atoms with Crippen LogP contribution in [0.3, 0.4) is 0 Å². The molecule has 0 aliphatic heterocycles. The van der Waals surface area contributed by atoms with Crippen LogP contribution < -0.4 is 5.32 Å². The summed E-state index contributed by atoms with van der Waals surface area (Å²) in [6, 6.07) is 16.9. The van der Waals surface area contributed by atoms with Gasteiger partial charge in [-0.25, -0.2) is 4.98 Å². The van der Waals surface area contributed by atoms with Gasteiger partial charge in [-0.2, -0.15) is 0 Å². The highest BCUT2D eigenvalue weighted by Crippen LogP contribution is 2.32. The third-order valence-corrected chi connectivity index (χ3v) is 4.81. The molecule has 0 fully saturated rings. The molecule has 5 heteroatoms. The van der Waals surface area contributed by atoms with Crippen LogP contribution >= 0.6 is 11.6 Å². The number of rotatable bonds is 3. The van der Waals surface area contributed by atoms with E-state index in [9.17, 15) is 4.79 Å². The van der Waals surface area contributed by atoms with Gasteiger partial charge in [-0.15, -0.1) is 0 Å². The van der Waals surface area contributed by atoms with Crippen LogP contribution in [0.15, 0.2) is 59.0 Å². The van der Waals surface area contributed by atoms with Gasteiger partial charge in [-0.05, 0) is 68.8 Å². The summed E-state index contributed by atoms with van der Waals surface area (Å²) in [6.45, 7) is 5.94. The number of hydrogen-bond donors (Lipinski definition) is 1. The standard InChI is InChI=1S/C23H19ClN2O2/c1-13-4-7-20-21(11-13)28-23(26-20)18-12-17(5-6-19(18)24)25-22(27)16-9-14(2)8-15(3)10-16/h4-12H,1-3H3,(H,25,27). The third kappa shape index (κ3) is 3.64. The van der Waals surface area contributed by atoms with Crippen LogP contribution in [0.5, 0.6) is 0 Å². The van der Waals surface area contributed by atoms with E-state index in [2.05, 4.69) is 10.3 Å². The summed E-state index contributed by atoms with van der Waals surface area (Å²) in [7, 11) is 0. The minimum atomic E-state index is -0.173. The van der Waals surface area contributed by atoms with Crippen LogP contribution in [0.25, 0.3) is 22.6 Å². The van der Waals surface area contributed by atoms with E-state index in [4.69, 9.17) is 16.0 Å². The second-order valence-corrected chi connectivity index (χ2v) is 7.42. The molecule has 0 saturated heterocycles. The van der Waals surface area contributed by atoms with Gasteiger partial charge in [-0.3, -0.25) is 4.79 Å². The second kappa shape index (κ2) is 7.13. The van der Waals surface area contributed by atoms with Crippen molar-refractivity contribution >= 4 is 34.3 Å². The number of aromatic nitrogens is 1. The summed E-state index contributed by atoms with van der Waals surface area (Å²) in [5, 5.41) is 3.43. The number of carbonyl (C=O) groups excluding carboxylic acids is 1. The number of nitrogens with one attached hydrogen (secondary N) is 1. The van der Waals surface area contributed by atoms with Crippen LogP contribution in [-0.4, -0.2) is 10.9 Å². The first-order chi connectivity index (χ1) is 13.4. The largest absolute Gasteiger partial charge is 0.436 e. The van der Waals surface area contributed by atoms with Gasteiger partial charge in [0.05, 0.1) is 10.6 Å². The van der Waals surface area contributed by atoms with Gasteiger partial charge in [0.2, 0.25) is 5.89 Å². The predicted octanol–water partition coefficient (Wildman–Crippen LogP) is 6.33. The molecule has 4 aromatic rings. The van der Waals surface area contributed by atoms with E-state index >= 15 is 0 Å². The summed E-state index contributed by atoms with van der Waals surface area (Å²) in [6.07, 6.45) is 0. The molecule has 0 saturated carbocycles. The lowest BCUT2D eigenvalue weighted by atomic mass is 10.1. The highest BCUT2D eigenvalue weighted by molar-refractivity contribution is 6.33. The van der Waals surface area contributed by atoms with E-state index in [1.165, 1.54) is 0 Å². The molecule has 1 amide bonds. The van der Waals surface area contributed by atoms with E-state index in [0.717, 1.165) is 22.2 Å². The molecule has 0 atom stereocenters. The van der Waals surface area contributed by atoms with Crippen LogP contribution in [0.4, 0.5) is 5.69 Å². The van der Waals surface area contributed by atoms with Crippen LogP contribution in [0.2, 0.25) is 5.02 Å². The Balaban J connectivity index is 1.67. The Kier molecular flexibility index (Phi) is 4.65. The number of fused-ring (bicyclic) bond motifs is 1. The van der Waals surface area contributed by atoms with Crippen molar-refractivity contribution in [1.82, 2.24) is 4.98 Å². The monoisotopic (exact) mass is 390 g/mol. The first-order valence-electron chi connectivity index (χ1n) is 8.96. The number of halogens is 1. The average molecular weight is 391 g/mol. The summed E-state index contributed by atoms with van der Waals surface area (Å²) < 4.78 is 5.88. The maximum atomic E-state index is 12.6. The minimum absolute atomic E-state index is 0.173. The molecule has 3 aromatic carbocycles. The Morgan fingerprint density at radius 3 is 2.43 bits per heavy atom. The maximum Gasteiger partial charge on any atom is 0.255 e. The molecule has 0 radical (unpaired) electrons. The Morgan fingerprint density at radius 2 is 1.68 bits per heavy atom. The summed E-state index contributed by atoms with van der Waals surface area (Å²) in [4.78, 5) is 17.2. The Morgan fingerprint density at radius 1 is 0.929 bits per heavy atom. The third-order valence-electron chi connectivity index (χ3n) is 4.48. The molecule has 0 spiro atoms. The molecule has 4 rings (SSSR count). The molecule has 1 N–H and O–H groups in total. The lowest BCUT2D eigenvalue weighted by Crippen LogP contribution is -2.12. The number of anilines is 1. The van der Waals surface area contributed by atoms with Crippen molar-refractivity contribution < 1.29 is 9.21 Å². The number of aryl methyl sites for hydroxylation is 3. The Bertz CT molecular complexity index is 1190. The number of carbonyl (C=O) groups is 1. The fourth-order valence-corrected chi connectivity index (χ4v) is 3.42. The van der Waals surface area contributed by atoms with Gasteiger partial charge in [0.25, 0.3) is 5.91 Å². The van der Waals surface area contributed by atoms with Crippen LogP contribution in [-0.2, 0) is 0 Å². The number of hydrogen-bond acceptors (Lipinski definition) is 3. The zero-order chi connectivity index (χ0) is 19.8. The normalized spacial score (nSPS) is 11.0. The van der Waals surface area contributed by atoms with Gasteiger partial charge in [-0.1, -0.05) is 34.9 Å². The van der Waals surface area contributed by atoms with E-state index in [0.29, 0.717) is 33.3 Å². The predicted molar refractivity (Wildman–Crippen MR) is 113 cm³/mol. The fraction of sp³-hybridized carbons (Fsp3) is 0.130. The van der Waals surface area contributed by atoms with Crippen LogP contribution in [0.1, 0.15) is 27.0 Å². The highest BCUT2D eigenvalue weighted by atomic mass is 35.5. The SMILES string of the molecule is Cc1cc(C)cc(C(=O)Nc2ccc(Cl)c(-c3nc4ccc(C)cc4o3)c2)c1. The first-order valence-corrected chi connectivity index (χ1v) is 9.33. The molecule has 0 aliphatic rings. The first kappa shape index (κ1) is 18.3. The van der Waals surface area contributed by atoms with Crippen molar-refractivity contribution in [2.45, 2.75) is 20.8 Å².